The summed E-state index contributed by atoms with van der Waals surface area (Å²) in [4.78, 5) is 45.0. The Labute approximate surface area is 171 Å². The van der Waals surface area contributed by atoms with E-state index in [1.165, 1.54) is 0 Å². The first-order valence-corrected chi connectivity index (χ1v) is 9.38. The van der Waals surface area contributed by atoms with Crippen molar-refractivity contribution in [3.05, 3.63) is 96.6 Å². The normalized spacial score (nSPS) is 11.2. The van der Waals surface area contributed by atoms with Gasteiger partial charge in [-0.15, -0.1) is 0 Å². The molecule has 8 heteroatoms. The number of hydrogen-bond acceptors (Lipinski definition) is 4. The zero-order chi connectivity index (χ0) is 22.2. The summed E-state index contributed by atoms with van der Waals surface area (Å²) < 4.78 is 28.6. The topological polar surface area (TPSA) is 84.8 Å². The molecule has 1 N–H and O–H groups in total. The largest absolute Gasteiger partial charge is 0.329 e. The van der Waals surface area contributed by atoms with Gasteiger partial charge in [-0.1, -0.05) is 13.8 Å². The summed E-state index contributed by atoms with van der Waals surface area (Å²) in [5.74, 6) is -3.08. The monoisotopic (exact) mass is 413 g/mol. The minimum Gasteiger partial charge on any atom is -0.287 e. The maximum Gasteiger partial charge on any atom is 0.329 e. The predicted octanol–water partition coefficient (Wildman–Crippen LogP) is 3.23. The van der Waals surface area contributed by atoms with E-state index in [-0.39, 0.29) is 23.4 Å². The number of carbonyl (C=O) groups is 1. The van der Waals surface area contributed by atoms with Gasteiger partial charge in [0, 0.05) is 28.6 Å². The highest BCUT2D eigenvalue weighted by Gasteiger charge is 2.25. The Morgan fingerprint density at radius 1 is 1.03 bits per heavy atom. The molecular weight excluding hydrogens is 392 g/mol. The summed E-state index contributed by atoms with van der Waals surface area (Å²) in [6.45, 7) is 6.98. The fraction of sp³-hybridized carbons (Fsp3) is 0.273. The fourth-order valence-electron chi connectivity index (χ4n) is 3.53. The maximum absolute atomic E-state index is 13.7. The molecule has 1 aromatic carbocycles. The molecule has 0 atom stereocenters. The van der Waals surface area contributed by atoms with E-state index >= 15 is 0 Å². The van der Waals surface area contributed by atoms with Crippen LogP contribution in [0, 0.1) is 25.5 Å². The molecular formula is C22H21F2N3O3. The van der Waals surface area contributed by atoms with Crippen LogP contribution >= 0.6 is 0 Å². The molecule has 2 aromatic heterocycles. The number of aromatic nitrogens is 3. The van der Waals surface area contributed by atoms with Crippen LogP contribution in [0.25, 0.3) is 0 Å². The van der Waals surface area contributed by atoms with Gasteiger partial charge in [0.1, 0.15) is 17.3 Å². The molecule has 0 saturated heterocycles. The number of pyridine rings is 1. The van der Waals surface area contributed by atoms with Crippen molar-refractivity contribution in [2.24, 2.45) is 0 Å². The molecule has 0 unspecified atom stereocenters. The lowest BCUT2D eigenvalue weighted by molar-refractivity contribution is 0.102. The van der Waals surface area contributed by atoms with Crippen LogP contribution in [0.3, 0.4) is 0 Å². The molecule has 0 spiro atoms. The molecule has 0 aliphatic rings. The van der Waals surface area contributed by atoms with E-state index in [1.807, 2.05) is 0 Å². The quantitative estimate of drug-likeness (QED) is 0.651. The second kappa shape index (κ2) is 8.14. The average molecular weight is 413 g/mol. The molecule has 0 saturated carbocycles. The minimum atomic E-state index is -0.927. The van der Waals surface area contributed by atoms with Crippen LogP contribution in [-0.2, 0) is 6.54 Å². The number of aryl methyl sites for hydroxylation is 2. The molecule has 30 heavy (non-hydrogen) atoms. The van der Waals surface area contributed by atoms with E-state index in [2.05, 4.69) is 9.97 Å². The Morgan fingerprint density at radius 2 is 1.60 bits per heavy atom. The smallest absolute Gasteiger partial charge is 0.287 e. The van der Waals surface area contributed by atoms with Crippen molar-refractivity contribution < 1.29 is 13.6 Å². The SMILES string of the molecule is Cc1cc(Cn2c(C(=O)c3cc(F)cc(F)c3)c(C(C)C)c(=O)[nH]c2=O)cc(C)n1. The Morgan fingerprint density at radius 3 is 2.13 bits per heavy atom. The van der Waals surface area contributed by atoms with Crippen molar-refractivity contribution in [2.45, 2.75) is 40.2 Å². The summed E-state index contributed by atoms with van der Waals surface area (Å²) >= 11 is 0. The lowest BCUT2D eigenvalue weighted by Crippen LogP contribution is -2.38. The first kappa shape index (κ1) is 21.3. The standard InChI is InChI=1S/C22H21F2N3O3/c1-11(2)18-19(20(28)15-7-16(23)9-17(24)8-15)27(22(30)26-21(18)29)10-14-5-12(3)25-13(4)6-14/h5-9,11H,10H2,1-4H3,(H,26,29,30). The molecule has 6 nitrogen and oxygen atoms in total. The van der Waals surface area contributed by atoms with Gasteiger partial charge >= 0.3 is 5.69 Å². The summed E-state index contributed by atoms with van der Waals surface area (Å²) in [5.41, 5.74) is 0.282. The van der Waals surface area contributed by atoms with Crippen molar-refractivity contribution >= 4 is 5.78 Å². The second-order valence-electron chi connectivity index (χ2n) is 7.51. The Hall–Kier alpha value is -3.42. The average Bonchev–Trinajstić information content (AvgIpc) is 2.61. The van der Waals surface area contributed by atoms with Crippen LogP contribution < -0.4 is 11.2 Å². The molecule has 0 fully saturated rings. The van der Waals surface area contributed by atoms with E-state index in [9.17, 15) is 23.2 Å². The molecule has 0 radical (unpaired) electrons. The highest BCUT2D eigenvalue weighted by Crippen LogP contribution is 2.20. The first-order valence-electron chi connectivity index (χ1n) is 9.38. The number of aromatic amines is 1. The summed E-state index contributed by atoms with van der Waals surface area (Å²) in [6, 6.07) is 5.93. The van der Waals surface area contributed by atoms with Gasteiger partial charge in [0.15, 0.2) is 0 Å². The van der Waals surface area contributed by atoms with Crippen LogP contribution in [0.4, 0.5) is 8.78 Å². The predicted molar refractivity (Wildman–Crippen MR) is 108 cm³/mol. The molecule has 3 aromatic rings. The first-order chi connectivity index (χ1) is 14.1. The van der Waals surface area contributed by atoms with E-state index in [1.54, 1.807) is 39.8 Å². The number of halogens is 2. The number of ketones is 1. The van der Waals surface area contributed by atoms with Crippen molar-refractivity contribution in [1.82, 2.24) is 14.5 Å². The van der Waals surface area contributed by atoms with E-state index in [4.69, 9.17) is 0 Å². The van der Waals surface area contributed by atoms with Gasteiger partial charge in [-0.3, -0.25) is 24.1 Å². The van der Waals surface area contributed by atoms with Crippen LogP contribution in [0.2, 0.25) is 0 Å². The van der Waals surface area contributed by atoms with Gasteiger partial charge in [-0.05, 0) is 49.6 Å². The third-order valence-electron chi connectivity index (χ3n) is 4.63. The molecule has 0 aliphatic heterocycles. The third-order valence-corrected chi connectivity index (χ3v) is 4.63. The van der Waals surface area contributed by atoms with E-state index in [0.29, 0.717) is 11.6 Å². The number of nitrogens with one attached hydrogen (secondary N) is 1. The van der Waals surface area contributed by atoms with Gasteiger partial charge in [0.25, 0.3) is 5.56 Å². The molecule has 2 heterocycles. The molecule has 156 valence electrons. The zero-order valence-electron chi connectivity index (χ0n) is 17.0. The highest BCUT2D eigenvalue weighted by molar-refractivity contribution is 6.08. The fourth-order valence-corrected chi connectivity index (χ4v) is 3.53. The number of nitrogens with zero attached hydrogens (tertiary/aromatic N) is 2. The number of carbonyl (C=O) groups excluding carboxylic acids is 1. The second-order valence-corrected chi connectivity index (χ2v) is 7.51. The summed E-state index contributed by atoms with van der Waals surface area (Å²) in [6.07, 6.45) is 0. The molecule has 0 bridgehead atoms. The van der Waals surface area contributed by atoms with Crippen LogP contribution in [-0.4, -0.2) is 20.3 Å². The third kappa shape index (κ3) is 4.27. The van der Waals surface area contributed by atoms with Crippen LogP contribution in [0.15, 0.2) is 39.9 Å². The number of benzene rings is 1. The van der Waals surface area contributed by atoms with Gasteiger partial charge in [-0.25, -0.2) is 13.6 Å². The van der Waals surface area contributed by atoms with E-state index < -0.39 is 34.6 Å². The number of rotatable bonds is 5. The van der Waals surface area contributed by atoms with Crippen LogP contribution in [0.5, 0.6) is 0 Å². The van der Waals surface area contributed by atoms with Gasteiger partial charge < -0.3 is 0 Å². The highest BCUT2D eigenvalue weighted by atomic mass is 19.1. The van der Waals surface area contributed by atoms with Gasteiger partial charge in [-0.2, -0.15) is 0 Å². The Bertz CT molecular complexity index is 1220. The molecule has 3 rings (SSSR count). The lowest BCUT2D eigenvalue weighted by Gasteiger charge is -2.18. The number of H-pyrrole nitrogens is 1. The Balaban J connectivity index is 2.29. The summed E-state index contributed by atoms with van der Waals surface area (Å²) in [5, 5.41) is 0. The van der Waals surface area contributed by atoms with Crippen molar-refractivity contribution in [3.8, 4) is 0 Å². The van der Waals surface area contributed by atoms with E-state index in [0.717, 1.165) is 28.1 Å². The van der Waals surface area contributed by atoms with Gasteiger partial charge in [0.2, 0.25) is 5.78 Å². The Kier molecular flexibility index (Phi) is 5.78. The lowest BCUT2D eigenvalue weighted by atomic mass is 9.96. The maximum atomic E-state index is 13.7. The zero-order valence-corrected chi connectivity index (χ0v) is 17.0. The number of hydrogen-bond donors (Lipinski definition) is 1. The van der Waals surface area contributed by atoms with Crippen molar-refractivity contribution in [3.63, 3.8) is 0 Å². The minimum absolute atomic E-state index is 0.0155. The summed E-state index contributed by atoms with van der Waals surface area (Å²) in [7, 11) is 0. The van der Waals surface area contributed by atoms with Crippen LogP contribution in [0.1, 0.15) is 58.3 Å². The van der Waals surface area contributed by atoms with Gasteiger partial charge in [0.05, 0.1) is 6.54 Å². The molecule has 0 aliphatic carbocycles. The van der Waals surface area contributed by atoms with Crippen molar-refractivity contribution in [2.75, 3.05) is 0 Å². The molecule has 0 amide bonds. The van der Waals surface area contributed by atoms with Crippen molar-refractivity contribution in [1.29, 1.82) is 0 Å².